The number of rotatable bonds is 3. The maximum atomic E-state index is 11.1. The molecule has 0 spiro atoms. The number of aliphatic hydroxyl groups excluding tert-OH is 1. The number of aromatic nitrogens is 2. The Balaban J connectivity index is 1.41. The normalized spacial score (nSPS) is 19.0. The van der Waals surface area contributed by atoms with Gasteiger partial charge < -0.3 is 14.4 Å². The van der Waals surface area contributed by atoms with Gasteiger partial charge in [0, 0.05) is 42.9 Å². The minimum atomic E-state index is -0.695. The van der Waals surface area contributed by atoms with E-state index >= 15 is 0 Å². The molecule has 3 aromatic rings. The van der Waals surface area contributed by atoms with Crippen molar-refractivity contribution in [3.63, 3.8) is 0 Å². The molecular weight excluding hydrogens is 350 g/mol. The van der Waals surface area contributed by atoms with Crippen molar-refractivity contribution >= 4 is 0 Å². The van der Waals surface area contributed by atoms with E-state index in [1.54, 1.807) is 0 Å². The van der Waals surface area contributed by atoms with Gasteiger partial charge >= 0.3 is 0 Å². The van der Waals surface area contributed by atoms with Gasteiger partial charge in [0.2, 0.25) is 0 Å². The molecule has 2 aliphatic heterocycles. The lowest BCUT2D eigenvalue weighted by Crippen LogP contribution is -2.35. The fraction of sp³-hybridized carbons (Fsp3) is 0.348. The lowest BCUT2D eigenvalue weighted by molar-refractivity contribution is -0.0119. The molecule has 0 amide bonds. The van der Waals surface area contributed by atoms with Crippen LogP contribution < -0.4 is 4.74 Å². The number of benzene rings is 2. The summed E-state index contributed by atoms with van der Waals surface area (Å²) in [4.78, 5) is 6.71. The van der Waals surface area contributed by atoms with E-state index in [0.717, 1.165) is 42.1 Å². The Labute approximate surface area is 165 Å². The highest BCUT2D eigenvalue weighted by atomic mass is 16.5. The molecule has 5 rings (SSSR count). The maximum absolute atomic E-state index is 11.1. The summed E-state index contributed by atoms with van der Waals surface area (Å²) in [6.07, 6.45) is 2.91. The average molecular weight is 375 g/mol. The summed E-state index contributed by atoms with van der Waals surface area (Å²) in [7, 11) is 0. The minimum absolute atomic E-state index is 0.221. The first-order valence-electron chi connectivity index (χ1n) is 9.85. The highest BCUT2D eigenvalue weighted by molar-refractivity contribution is 5.47. The fourth-order valence-corrected chi connectivity index (χ4v) is 4.39. The number of ether oxygens (including phenoxy) is 1. The summed E-state index contributed by atoms with van der Waals surface area (Å²) in [5.74, 6) is 0.848. The molecule has 2 aliphatic rings. The number of nitrogens with zero attached hydrogens (tertiary/aromatic N) is 3. The highest BCUT2D eigenvalue weighted by Gasteiger charge is 2.35. The molecular formula is C23H25N3O2. The molecule has 2 aromatic carbocycles. The van der Waals surface area contributed by atoms with Gasteiger partial charge in [-0.3, -0.25) is 4.90 Å². The molecule has 1 atom stereocenters. The average Bonchev–Trinajstić information content (AvgIpc) is 3.26. The molecule has 0 fully saturated rings. The Morgan fingerprint density at radius 2 is 1.93 bits per heavy atom. The summed E-state index contributed by atoms with van der Waals surface area (Å²) in [5.41, 5.74) is 5.19. The van der Waals surface area contributed by atoms with Crippen molar-refractivity contribution in [1.82, 2.24) is 14.5 Å². The first-order valence-corrected chi connectivity index (χ1v) is 9.85. The number of para-hydroxylation sites is 2. The third-order valence-corrected chi connectivity index (χ3v) is 5.72. The summed E-state index contributed by atoms with van der Waals surface area (Å²) in [6, 6.07) is 16.4. The van der Waals surface area contributed by atoms with Gasteiger partial charge in [-0.2, -0.15) is 0 Å². The van der Waals surface area contributed by atoms with Crippen molar-refractivity contribution < 1.29 is 9.84 Å². The summed E-state index contributed by atoms with van der Waals surface area (Å²) in [5, 5.41) is 11.1. The van der Waals surface area contributed by atoms with Crippen LogP contribution in [0.5, 0.6) is 5.75 Å². The maximum Gasteiger partial charge on any atom is 0.137 e. The number of imidazole rings is 1. The molecule has 0 saturated heterocycles. The first kappa shape index (κ1) is 17.5. The standard InChI is InChI=1S/C23H25N3O2/c1-23(2)13-16-7-6-10-18(21(16)28-23)22(27)25-12-11-20-19(14-25)24-15-26(20)17-8-4-3-5-9-17/h3-10,15,22,27H,11-14H2,1-2H3. The molecule has 5 nitrogen and oxygen atoms in total. The van der Waals surface area contributed by atoms with Gasteiger partial charge in [-0.15, -0.1) is 0 Å². The van der Waals surface area contributed by atoms with Gasteiger partial charge in [-0.05, 0) is 31.5 Å². The molecule has 1 unspecified atom stereocenters. The van der Waals surface area contributed by atoms with Gasteiger partial charge in [0.25, 0.3) is 0 Å². The predicted molar refractivity (Wildman–Crippen MR) is 107 cm³/mol. The monoisotopic (exact) mass is 375 g/mol. The molecule has 0 bridgehead atoms. The number of fused-ring (bicyclic) bond motifs is 2. The van der Waals surface area contributed by atoms with Crippen LogP contribution in [0.25, 0.3) is 5.69 Å². The van der Waals surface area contributed by atoms with Crippen LogP contribution in [-0.2, 0) is 19.4 Å². The molecule has 28 heavy (non-hydrogen) atoms. The van der Waals surface area contributed by atoms with Crippen LogP contribution in [-0.4, -0.2) is 31.7 Å². The van der Waals surface area contributed by atoms with Crippen molar-refractivity contribution in [2.24, 2.45) is 0 Å². The van der Waals surface area contributed by atoms with E-state index < -0.39 is 6.23 Å². The molecule has 0 aliphatic carbocycles. The van der Waals surface area contributed by atoms with E-state index in [1.807, 2.05) is 36.7 Å². The largest absolute Gasteiger partial charge is 0.487 e. The fourth-order valence-electron chi connectivity index (χ4n) is 4.39. The number of hydrogen-bond donors (Lipinski definition) is 1. The van der Waals surface area contributed by atoms with E-state index in [2.05, 4.69) is 46.5 Å². The predicted octanol–water partition coefficient (Wildman–Crippen LogP) is 3.64. The van der Waals surface area contributed by atoms with Crippen LogP contribution >= 0.6 is 0 Å². The molecule has 3 heterocycles. The molecule has 5 heteroatoms. The second-order valence-electron chi connectivity index (χ2n) is 8.31. The SMILES string of the molecule is CC1(C)Cc2cccc(C(O)N3CCc4c(ncn4-c4ccccc4)C3)c2O1. The Morgan fingerprint density at radius 1 is 1.11 bits per heavy atom. The van der Waals surface area contributed by atoms with Crippen LogP contribution in [0, 0.1) is 0 Å². The van der Waals surface area contributed by atoms with Crippen molar-refractivity contribution in [3.05, 3.63) is 77.4 Å². The molecule has 0 saturated carbocycles. The Morgan fingerprint density at radius 3 is 2.75 bits per heavy atom. The number of aliphatic hydroxyl groups is 1. The lowest BCUT2D eigenvalue weighted by Gasteiger charge is -2.32. The van der Waals surface area contributed by atoms with E-state index in [4.69, 9.17) is 4.74 Å². The van der Waals surface area contributed by atoms with Crippen LogP contribution in [0.1, 0.15) is 42.6 Å². The van der Waals surface area contributed by atoms with Gasteiger partial charge in [-0.1, -0.05) is 36.4 Å². The topological polar surface area (TPSA) is 50.5 Å². The van der Waals surface area contributed by atoms with Crippen LogP contribution in [0.3, 0.4) is 0 Å². The first-order chi connectivity index (χ1) is 13.5. The summed E-state index contributed by atoms with van der Waals surface area (Å²) < 4.78 is 8.32. The van der Waals surface area contributed by atoms with E-state index in [9.17, 15) is 5.11 Å². The van der Waals surface area contributed by atoms with Crippen LogP contribution in [0.2, 0.25) is 0 Å². The van der Waals surface area contributed by atoms with Gasteiger partial charge in [0.1, 0.15) is 17.6 Å². The van der Waals surface area contributed by atoms with Crippen molar-refractivity contribution in [1.29, 1.82) is 0 Å². The highest BCUT2D eigenvalue weighted by Crippen LogP contribution is 2.41. The van der Waals surface area contributed by atoms with Crippen LogP contribution in [0.4, 0.5) is 0 Å². The zero-order valence-electron chi connectivity index (χ0n) is 16.3. The van der Waals surface area contributed by atoms with E-state index in [1.165, 1.54) is 11.3 Å². The molecule has 1 N–H and O–H groups in total. The van der Waals surface area contributed by atoms with Gasteiger partial charge in [0.15, 0.2) is 0 Å². The van der Waals surface area contributed by atoms with Crippen molar-refractivity contribution in [3.8, 4) is 11.4 Å². The van der Waals surface area contributed by atoms with Gasteiger partial charge in [0.05, 0.1) is 12.0 Å². The quantitative estimate of drug-likeness (QED) is 0.759. The zero-order valence-corrected chi connectivity index (χ0v) is 16.3. The zero-order chi connectivity index (χ0) is 19.3. The third-order valence-electron chi connectivity index (χ3n) is 5.72. The molecule has 1 aromatic heterocycles. The van der Waals surface area contributed by atoms with Gasteiger partial charge in [-0.25, -0.2) is 4.98 Å². The third kappa shape index (κ3) is 2.91. The second-order valence-corrected chi connectivity index (χ2v) is 8.31. The van der Waals surface area contributed by atoms with Crippen molar-refractivity contribution in [2.75, 3.05) is 6.54 Å². The smallest absolute Gasteiger partial charge is 0.137 e. The van der Waals surface area contributed by atoms with Crippen molar-refractivity contribution in [2.45, 2.75) is 45.1 Å². The molecule has 144 valence electrons. The minimum Gasteiger partial charge on any atom is -0.487 e. The summed E-state index contributed by atoms with van der Waals surface area (Å²) in [6.45, 7) is 5.59. The second kappa shape index (κ2) is 6.47. The Bertz CT molecular complexity index is 1010. The Kier molecular flexibility index (Phi) is 4.03. The van der Waals surface area contributed by atoms with Crippen LogP contribution in [0.15, 0.2) is 54.9 Å². The Hall–Kier alpha value is -2.63. The lowest BCUT2D eigenvalue weighted by atomic mass is 9.99. The summed E-state index contributed by atoms with van der Waals surface area (Å²) >= 11 is 0. The van der Waals surface area contributed by atoms with E-state index in [0.29, 0.717) is 6.54 Å². The molecule has 0 radical (unpaired) electrons. The number of hydrogen-bond acceptors (Lipinski definition) is 4. The van der Waals surface area contributed by atoms with E-state index in [-0.39, 0.29) is 5.60 Å².